The first kappa shape index (κ1) is 14.3. The lowest BCUT2D eigenvalue weighted by atomic mass is 10.0. The molecule has 0 spiro atoms. The number of benzene rings is 1. The highest BCUT2D eigenvalue weighted by Crippen LogP contribution is 2.27. The zero-order chi connectivity index (χ0) is 12.7. The highest BCUT2D eigenvalue weighted by Gasteiger charge is 2.12. The predicted molar refractivity (Wildman–Crippen MR) is 76.7 cm³/mol. The van der Waals surface area contributed by atoms with Crippen LogP contribution in [0.3, 0.4) is 0 Å². The number of ether oxygens (including phenoxy) is 1. The summed E-state index contributed by atoms with van der Waals surface area (Å²) < 4.78 is 6.59. The van der Waals surface area contributed by atoms with Crippen LogP contribution < -0.4 is 10.1 Å². The molecule has 1 aromatic carbocycles. The Kier molecular flexibility index (Phi) is 6.30. The van der Waals surface area contributed by atoms with Crippen molar-refractivity contribution in [1.29, 1.82) is 0 Å². The molecule has 2 nitrogen and oxygen atoms in total. The smallest absolute Gasteiger partial charge is 0.124 e. The van der Waals surface area contributed by atoms with Gasteiger partial charge in [-0.3, -0.25) is 0 Å². The third kappa shape index (κ3) is 4.52. The molecule has 0 aliphatic rings. The van der Waals surface area contributed by atoms with E-state index < -0.39 is 0 Å². The lowest BCUT2D eigenvalue weighted by Gasteiger charge is -2.19. The maximum Gasteiger partial charge on any atom is 0.124 e. The minimum atomic E-state index is 0.347. The normalized spacial score (nSPS) is 12.2. The molecule has 1 atom stereocenters. The van der Waals surface area contributed by atoms with Crippen molar-refractivity contribution >= 4 is 15.9 Å². The van der Waals surface area contributed by atoms with Gasteiger partial charge in [-0.05, 0) is 19.0 Å². The molecular weight excluding hydrogens is 278 g/mol. The van der Waals surface area contributed by atoms with E-state index in [4.69, 9.17) is 4.74 Å². The maximum absolute atomic E-state index is 5.74. The van der Waals surface area contributed by atoms with Gasteiger partial charge in [-0.15, -0.1) is 0 Å². The number of nitrogens with one attached hydrogen (secondary N) is 1. The first-order valence-corrected chi connectivity index (χ1v) is 6.76. The van der Waals surface area contributed by atoms with E-state index in [0.717, 1.165) is 23.2 Å². The van der Waals surface area contributed by atoms with Crippen LogP contribution in [0, 0.1) is 0 Å². The molecule has 0 amide bonds. The molecule has 1 rings (SSSR count). The van der Waals surface area contributed by atoms with Crippen molar-refractivity contribution in [3.63, 3.8) is 0 Å². The summed E-state index contributed by atoms with van der Waals surface area (Å²) in [5.41, 5.74) is 1.21. The zero-order valence-electron chi connectivity index (χ0n) is 10.5. The molecular formula is C14H20BrNO. The van der Waals surface area contributed by atoms with E-state index in [1.54, 1.807) is 0 Å². The fourth-order valence-corrected chi connectivity index (χ4v) is 1.89. The summed E-state index contributed by atoms with van der Waals surface area (Å²) >= 11 is 3.31. The van der Waals surface area contributed by atoms with Gasteiger partial charge in [-0.2, -0.15) is 0 Å². The van der Waals surface area contributed by atoms with Crippen molar-refractivity contribution < 1.29 is 4.74 Å². The van der Waals surface area contributed by atoms with E-state index in [1.165, 1.54) is 5.56 Å². The molecule has 1 aromatic rings. The highest BCUT2D eigenvalue weighted by atomic mass is 79.9. The molecule has 0 aliphatic heterocycles. The van der Waals surface area contributed by atoms with Crippen LogP contribution in [0.1, 0.15) is 31.9 Å². The van der Waals surface area contributed by atoms with Crippen molar-refractivity contribution in [3.8, 4) is 5.75 Å². The van der Waals surface area contributed by atoms with Gasteiger partial charge in [0.15, 0.2) is 0 Å². The molecule has 1 N–H and O–H groups in total. The fourth-order valence-electron chi connectivity index (χ4n) is 1.78. The van der Waals surface area contributed by atoms with E-state index in [9.17, 15) is 0 Å². The Morgan fingerprint density at radius 2 is 2.12 bits per heavy atom. The topological polar surface area (TPSA) is 21.3 Å². The molecule has 0 fully saturated rings. The van der Waals surface area contributed by atoms with Crippen molar-refractivity contribution in [2.45, 2.75) is 26.3 Å². The average molecular weight is 298 g/mol. The third-order valence-corrected chi connectivity index (χ3v) is 2.77. The summed E-state index contributed by atoms with van der Waals surface area (Å²) in [6.45, 7) is 9.52. The summed E-state index contributed by atoms with van der Waals surface area (Å²) in [7, 11) is 0. The number of rotatable bonds is 7. The van der Waals surface area contributed by atoms with Crippen LogP contribution in [-0.2, 0) is 0 Å². The van der Waals surface area contributed by atoms with Crippen LogP contribution in [0.4, 0.5) is 0 Å². The van der Waals surface area contributed by atoms with Gasteiger partial charge in [0.1, 0.15) is 12.4 Å². The van der Waals surface area contributed by atoms with Gasteiger partial charge >= 0.3 is 0 Å². The zero-order valence-corrected chi connectivity index (χ0v) is 12.1. The molecule has 0 aromatic heterocycles. The lowest BCUT2D eigenvalue weighted by Crippen LogP contribution is -2.20. The van der Waals surface area contributed by atoms with Gasteiger partial charge < -0.3 is 10.1 Å². The second-order valence-corrected chi connectivity index (χ2v) is 4.98. The molecule has 0 aliphatic carbocycles. The van der Waals surface area contributed by atoms with Crippen molar-refractivity contribution in [2.24, 2.45) is 0 Å². The van der Waals surface area contributed by atoms with E-state index >= 15 is 0 Å². The summed E-state index contributed by atoms with van der Waals surface area (Å²) in [6.07, 6.45) is 1.05. The Labute approximate surface area is 112 Å². The van der Waals surface area contributed by atoms with Gasteiger partial charge in [0.25, 0.3) is 0 Å². The Hall–Kier alpha value is -0.800. The van der Waals surface area contributed by atoms with E-state index in [2.05, 4.69) is 47.7 Å². The second-order valence-electron chi connectivity index (χ2n) is 3.86. The molecule has 0 heterocycles. The van der Waals surface area contributed by atoms with Crippen molar-refractivity contribution in [2.75, 3.05) is 13.2 Å². The quantitative estimate of drug-likeness (QED) is 0.820. The largest absolute Gasteiger partial charge is 0.488 e. The van der Waals surface area contributed by atoms with Crippen molar-refractivity contribution in [1.82, 2.24) is 5.32 Å². The van der Waals surface area contributed by atoms with Gasteiger partial charge in [0, 0.05) is 16.1 Å². The minimum absolute atomic E-state index is 0.347. The van der Waals surface area contributed by atoms with Gasteiger partial charge in [0.2, 0.25) is 0 Å². The number of halogens is 1. The first-order chi connectivity index (χ1) is 8.19. The highest BCUT2D eigenvalue weighted by molar-refractivity contribution is 9.11. The second kappa shape index (κ2) is 7.51. The molecule has 0 saturated heterocycles. The summed E-state index contributed by atoms with van der Waals surface area (Å²) in [4.78, 5) is 0. The standard InChI is InChI=1S/C14H20BrNO/c1-4-13(16-5-2)12-8-6-7-9-14(12)17-10-11(3)15/h6-9,13,16H,3-5,10H2,1-2H3. The summed E-state index contributed by atoms with van der Waals surface area (Å²) in [5, 5.41) is 3.46. The third-order valence-electron chi connectivity index (χ3n) is 2.54. The lowest BCUT2D eigenvalue weighted by molar-refractivity contribution is 0.350. The Morgan fingerprint density at radius 1 is 1.41 bits per heavy atom. The SMILES string of the molecule is C=C(Br)COc1ccccc1C(CC)NCC. The maximum atomic E-state index is 5.74. The molecule has 0 radical (unpaired) electrons. The van der Waals surface area contributed by atoms with E-state index in [0.29, 0.717) is 12.6 Å². The fraction of sp³-hybridized carbons (Fsp3) is 0.429. The van der Waals surface area contributed by atoms with Crippen molar-refractivity contribution in [3.05, 3.63) is 40.9 Å². The predicted octanol–water partition coefficient (Wildman–Crippen LogP) is 4.03. The Balaban J connectivity index is 2.85. The molecule has 1 unspecified atom stereocenters. The number of hydrogen-bond acceptors (Lipinski definition) is 2. The average Bonchev–Trinajstić information content (AvgIpc) is 2.34. The van der Waals surface area contributed by atoms with E-state index in [-0.39, 0.29) is 0 Å². The van der Waals surface area contributed by atoms with Crippen LogP contribution in [0.15, 0.2) is 35.3 Å². The molecule has 17 heavy (non-hydrogen) atoms. The number of hydrogen-bond donors (Lipinski definition) is 1. The van der Waals surface area contributed by atoms with Crippen LogP contribution >= 0.6 is 15.9 Å². The summed E-state index contributed by atoms with van der Waals surface area (Å²) in [5.74, 6) is 0.931. The minimum Gasteiger partial charge on any atom is -0.488 e. The van der Waals surface area contributed by atoms with Crippen LogP contribution in [0.25, 0.3) is 0 Å². The van der Waals surface area contributed by atoms with Gasteiger partial charge in [-0.1, -0.05) is 54.6 Å². The molecule has 94 valence electrons. The van der Waals surface area contributed by atoms with Gasteiger partial charge in [0.05, 0.1) is 0 Å². The van der Waals surface area contributed by atoms with Gasteiger partial charge in [-0.25, -0.2) is 0 Å². The van der Waals surface area contributed by atoms with Crippen LogP contribution in [-0.4, -0.2) is 13.2 Å². The Bertz CT molecular complexity index is 365. The number of para-hydroxylation sites is 1. The van der Waals surface area contributed by atoms with E-state index in [1.807, 2.05) is 18.2 Å². The van der Waals surface area contributed by atoms with Crippen LogP contribution in [0.5, 0.6) is 5.75 Å². The first-order valence-electron chi connectivity index (χ1n) is 5.97. The Morgan fingerprint density at radius 3 is 2.71 bits per heavy atom. The molecule has 0 bridgehead atoms. The molecule has 3 heteroatoms. The summed E-state index contributed by atoms with van der Waals surface area (Å²) in [6, 6.07) is 8.51. The molecule has 0 saturated carbocycles. The van der Waals surface area contributed by atoms with Crippen LogP contribution in [0.2, 0.25) is 0 Å². The monoisotopic (exact) mass is 297 g/mol.